The second-order valence-corrected chi connectivity index (χ2v) is 4.83. The SMILES string of the molecule is O=C(O)c1ccc(Br)c(OCC(=O)N2CCC2)c1. The number of rotatable bonds is 4. The van der Waals surface area contributed by atoms with Gasteiger partial charge in [-0.1, -0.05) is 0 Å². The quantitative estimate of drug-likeness (QED) is 0.919. The predicted molar refractivity (Wildman–Crippen MR) is 67.8 cm³/mol. The molecule has 0 aromatic heterocycles. The van der Waals surface area contributed by atoms with E-state index in [1.807, 2.05) is 0 Å². The van der Waals surface area contributed by atoms with E-state index < -0.39 is 5.97 Å². The molecule has 1 saturated heterocycles. The van der Waals surface area contributed by atoms with Gasteiger partial charge in [0.15, 0.2) is 6.61 Å². The summed E-state index contributed by atoms with van der Waals surface area (Å²) in [7, 11) is 0. The highest BCUT2D eigenvalue weighted by molar-refractivity contribution is 9.10. The number of benzene rings is 1. The minimum Gasteiger partial charge on any atom is -0.483 e. The molecule has 0 bridgehead atoms. The van der Waals surface area contributed by atoms with Gasteiger partial charge in [0.1, 0.15) is 5.75 Å². The van der Waals surface area contributed by atoms with Gasteiger partial charge in [0.25, 0.3) is 5.91 Å². The first kappa shape index (κ1) is 12.9. The van der Waals surface area contributed by atoms with Crippen LogP contribution < -0.4 is 4.74 Å². The minimum absolute atomic E-state index is 0.0678. The highest BCUT2D eigenvalue weighted by Gasteiger charge is 2.20. The second kappa shape index (κ2) is 5.39. The second-order valence-electron chi connectivity index (χ2n) is 3.97. The normalized spacial score (nSPS) is 13.9. The number of carboxylic acid groups (broad SMARTS) is 1. The first-order chi connectivity index (χ1) is 8.58. The lowest BCUT2D eigenvalue weighted by atomic mass is 10.2. The van der Waals surface area contributed by atoms with Crippen molar-refractivity contribution in [2.24, 2.45) is 0 Å². The molecule has 0 spiro atoms. The van der Waals surface area contributed by atoms with E-state index in [0.29, 0.717) is 10.2 Å². The molecule has 0 unspecified atom stereocenters. The molecular weight excluding hydrogens is 302 g/mol. The number of ether oxygens (including phenoxy) is 1. The van der Waals surface area contributed by atoms with Gasteiger partial charge >= 0.3 is 5.97 Å². The minimum atomic E-state index is -1.03. The Morgan fingerprint density at radius 2 is 2.11 bits per heavy atom. The number of carbonyl (C=O) groups excluding carboxylic acids is 1. The smallest absolute Gasteiger partial charge is 0.335 e. The molecule has 0 radical (unpaired) electrons. The van der Waals surface area contributed by atoms with Crippen LogP contribution in [0, 0.1) is 0 Å². The van der Waals surface area contributed by atoms with Gasteiger partial charge in [-0.2, -0.15) is 0 Å². The van der Waals surface area contributed by atoms with E-state index in [1.54, 1.807) is 11.0 Å². The van der Waals surface area contributed by atoms with Crippen LogP contribution in [0.4, 0.5) is 0 Å². The van der Waals surface area contributed by atoms with Crippen LogP contribution in [0.15, 0.2) is 22.7 Å². The summed E-state index contributed by atoms with van der Waals surface area (Å²) in [4.78, 5) is 24.1. The molecule has 1 aliphatic rings. The number of hydrogen-bond donors (Lipinski definition) is 1. The van der Waals surface area contributed by atoms with Crippen LogP contribution in [0.2, 0.25) is 0 Å². The topological polar surface area (TPSA) is 66.8 Å². The van der Waals surface area contributed by atoms with Crippen LogP contribution in [0.5, 0.6) is 5.75 Å². The molecule has 1 aromatic rings. The number of carbonyl (C=O) groups is 2. The summed E-state index contributed by atoms with van der Waals surface area (Å²) in [6.45, 7) is 1.48. The van der Waals surface area contributed by atoms with Crippen molar-refractivity contribution < 1.29 is 19.4 Å². The third kappa shape index (κ3) is 2.81. The number of hydrogen-bond acceptors (Lipinski definition) is 3. The zero-order chi connectivity index (χ0) is 13.1. The molecule has 18 heavy (non-hydrogen) atoms. The van der Waals surface area contributed by atoms with E-state index in [9.17, 15) is 9.59 Å². The maximum Gasteiger partial charge on any atom is 0.335 e. The van der Waals surface area contributed by atoms with Crippen molar-refractivity contribution in [3.63, 3.8) is 0 Å². The lowest BCUT2D eigenvalue weighted by Crippen LogP contribution is -2.44. The fourth-order valence-corrected chi connectivity index (χ4v) is 1.90. The van der Waals surface area contributed by atoms with Crippen LogP contribution in [0.3, 0.4) is 0 Å². The monoisotopic (exact) mass is 313 g/mol. The molecule has 5 nitrogen and oxygen atoms in total. The Bertz CT molecular complexity index is 485. The van der Waals surface area contributed by atoms with Crippen LogP contribution in [0.25, 0.3) is 0 Å². The lowest BCUT2D eigenvalue weighted by Gasteiger charge is -2.30. The van der Waals surface area contributed by atoms with Gasteiger partial charge in [-0.15, -0.1) is 0 Å². The molecular formula is C12H12BrNO4. The highest BCUT2D eigenvalue weighted by Crippen LogP contribution is 2.26. The molecule has 1 aliphatic heterocycles. The van der Waals surface area contributed by atoms with Crippen molar-refractivity contribution in [1.82, 2.24) is 4.90 Å². The van der Waals surface area contributed by atoms with Gasteiger partial charge in [0, 0.05) is 13.1 Å². The largest absolute Gasteiger partial charge is 0.483 e. The number of halogens is 1. The summed E-state index contributed by atoms with van der Waals surface area (Å²) in [5.41, 5.74) is 0.129. The fraction of sp³-hybridized carbons (Fsp3) is 0.333. The molecule has 1 heterocycles. The van der Waals surface area contributed by atoms with E-state index in [1.165, 1.54) is 12.1 Å². The summed E-state index contributed by atoms with van der Waals surface area (Å²) >= 11 is 3.25. The predicted octanol–water partition coefficient (Wildman–Crippen LogP) is 1.76. The summed E-state index contributed by atoms with van der Waals surface area (Å²) in [5, 5.41) is 8.87. The van der Waals surface area contributed by atoms with E-state index in [4.69, 9.17) is 9.84 Å². The zero-order valence-electron chi connectivity index (χ0n) is 9.56. The van der Waals surface area contributed by atoms with Crippen molar-refractivity contribution in [3.8, 4) is 5.75 Å². The Morgan fingerprint density at radius 1 is 1.39 bits per heavy atom. The van der Waals surface area contributed by atoms with Crippen LogP contribution in [-0.2, 0) is 4.79 Å². The molecule has 0 atom stereocenters. The molecule has 0 saturated carbocycles. The third-order valence-corrected chi connectivity index (χ3v) is 3.39. The summed E-state index contributed by atoms with van der Waals surface area (Å²) < 4.78 is 5.97. The van der Waals surface area contributed by atoms with Gasteiger partial charge in [0.05, 0.1) is 10.0 Å². The maximum absolute atomic E-state index is 11.6. The lowest BCUT2D eigenvalue weighted by molar-refractivity contribution is -0.136. The Hall–Kier alpha value is -1.56. The Labute approximate surface area is 112 Å². The van der Waals surface area contributed by atoms with Gasteiger partial charge in [0.2, 0.25) is 0 Å². The average Bonchev–Trinajstić information content (AvgIpc) is 2.25. The Morgan fingerprint density at radius 3 is 2.67 bits per heavy atom. The van der Waals surface area contributed by atoms with E-state index in [0.717, 1.165) is 19.5 Å². The molecule has 1 fully saturated rings. The number of amides is 1. The highest BCUT2D eigenvalue weighted by atomic mass is 79.9. The van der Waals surface area contributed by atoms with Gasteiger partial charge in [-0.3, -0.25) is 4.79 Å². The summed E-state index contributed by atoms with van der Waals surface area (Å²) in [6, 6.07) is 4.46. The number of nitrogens with zero attached hydrogens (tertiary/aromatic N) is 1. The van der Waals surface area contributed by atoms with E-state index in [2.05, 4.69) is 15.9 Å². The standard InChI is InChI=1S/C12H12BrNO4/c13-9-3-2-8(12(16)17)6-10(9)18-7-11(15)14-4-1-5-14/h2-3,6H,1,4-5,7H2,(H,16,17). The van der Waals surface area contributed by atoms with Crippen LogP contribution in [-0.4, -0.2) is 41.6 Å². The van der Waals surface area contributed by atoms with Gasteiger partial charge in [-0.05, 0) is 40.5 Å². The van der Waals surface area contributed by atoms with Crippen molar-refractivity contribution >= 4 is 27.8 Å². The number of carboxylic acids is 1. The van der Waals surface area contributed by atoms with E-state index >= 15 is 0 Å². The first-order valence-corrected chi connectivity index (χ1v) is 6.30. The number of likely N-dealkylation sites (tertiary alicyclic amines) is 1. The summed E-state index contributed by atoms with van der Waals surface area (Å²) in [6.07, 6.45) is 1.03. The van der Waals surface area contributed by atoms with Crippen LogP contribution >= 0.6 is 15.9 Å². The average molecular weight is 314 g/mol. The summed E-state index contributed by atoms with van der Waals surface area (Å²) in [5.74, 6) is -0.737. The van der Waals surface area contributed by atoms with Crippen molar-refractivity contribution in [3.05, 3.63) is 28.2 Å². The fourth-order valence-electron chi connectivity index (χ4n) is 1.54. The molecule has 1 N–H and O–H groups in total. The van der Waals surface area contributed by atoms with E-state index in [-0.39, 0.29) is 18.1 Å². The molecule has 2 rings (SSSR count). The van der Waals surface area contributed by atoms with Crippen LogP contribution in [0.1, 0.15) is 16.8 Å². The van der Waals surface area contributed by atoms with Gasteiger partial charge < -0.3 is 14.7 Å². The Balaban J connectivity index is 2.01. The molecule has 0 aliphatic carbocycles. The molecule has 96 valence electrons. The Kier molecular flexibility index (Phi) is 3.86. The van der Waals surface area contributed by atoms with Crippen molar-refractivity contribution in [1.29, 1.82) is 0 Å². The van der Waals surface area contributed by atoms with Crippen molar-refractivity contribution in [2.75, 3.05) is 19.7 Å². The molecule has 6 heteroatoms. The molecule has 1 amide bonds. The van der Waals surface area contributed by atoms with Crippen molar-refractivity contribution in [2.45, 2.75) is 6.42 Å². The molecule has 1 aromatic carbocycles. The zero-order valence-corrected chi connectivity index (χ0v) is 11.1. The third-order valence-electron chi connectivity index (χ3n) is 2.74. The first-order valence-electron chi connectivity index (χ1n) is 5.51. The maximum atomic E-state index is 11.6. The number of aromatic carboxylic acids is 1. The van der Waals surface area contributed by atoms with Gasteiger partial charge in [-0.25, -0.2) is 4.79 Å².